The molecule has 0 atom stereocenters. The molecule has 1 aliphatic rings. The predicted octanol–water partition coefficient (Wildman–Crippen LogP) is 3.23. The molecule has 1 aromatic heterocycles. The fourth-order valence-corrected chi connectivity index (χ4v) is 2.72. The molecular weight excluding hydrogens is 252 g/mol. The summed E-state index contributed by atoms with van der Waals surface area (Å²) in [6.07, 6.45) is 8.08. The van der Waals surface area contributed by atoms with Crippen LogP contribution in [0.5, 0.6) is 5.88 Å². The van der Waals surface area contributed by atoms with Crippen molar-refractivity contribution in [3.63, 3.8) is 0 Å². The van der Waals surface area contributed by atoms with Crippen molar-refractivity contribution < 1.29 is 4.74 Å². The van der Waals surface area contributed by atoms with Gasteiger partial charge in [0.2, 0.25) is 5.88 Å². The lowest BCUT2D eigenvalue weighted by Crippen LogP contribution is -2.29. The Bertz CT molecular complexity index is 441. The molecule has 20 heavy (non-hydrogen) atoms. The molecule has 0 saturated heterocycles. The minimum atomic E-state index is 0.0518. The maximum atomic E-state index is 6.08. The van der Waals surface area contributed by atoms with Crippen LogP contribution in [0.3, 0.4) is 0 Å². The van der Waals surface area contributed by atoms with E-state index in [9.17, 15) is 0 Å². The van der Waals surface area contributed by atoms with E-state index in [1.54, 1.807) is 0 Å². The van der Waals surface area contributed by atoms with Gasteiger partial charge in [-0.25, -0.2) is 4.98 Å². The predicted molar refractivity (Wildman–Crippen MR) is 81.9 cm³/mol. The first kappa shape index (κ1) is 14.9. The van der Waals surface area contributed by atoms with Gasteiger partial charge in [0.25, 0.3) is 0 Å². The molecule has 5 heteroatoms. The first-order valence-electron chi connectivity index (χ1n) is 7.51. The SMILES string of the molecule is CC(C)Oc1ncnc(NCC2(C)CCCCC2)c1N. The number of anilines is 2. The van der Waals surface area contributed by atoms with Crippen LogP contribution in [-0.4, -0.2) is 22.6 Å². The van der Waals surface area contributed by atoms with Gasteiger partial charge in [0.05, 0.1) is 6.10 Å². The van der Waals surface area contributed by atoms with E-state index in [2.05, 4.69) is 22.2 Å². The van der Waals surface area contributed by atoms with Crippen molar-refractivity contribution >= 4 is 11.5 Å². The van der Waals surface area contributed by atoms with Gasteiger partial charge in [-0.1, -0.05) is 26.2 Å². The van der Waals surface area contributed by atoms with Gasteiger partial charge >= 0.3 is 0 Å². The van der Waals surface area contributed by atoms with E-state index in [4.69, 9.17) is 10.5 Å². The molecule has 1 saturated carbocycles. The Balaban J connectivity index is 2.02. The maximum absolute atomic E-state index is 6.08. The molecule has 112 valence electrons. The van der Waals surface area contributed by atoms with E-state index >= 15 is 0 Å². The summed E-state index contributed by atoms with van der Waals surface area (Å²) in [6.45, 7) is 7.15. The smallest absolute Gasteiger partial charge is 0.242 e. The highest BCUT2D eigenvalue weighted by atomic mass is 16.5. The second-order valence-electron chi connectivity index (χ2n) is 6.33. The number of aromatic nitrogens is 2. The van der Waals surface area contributed by atoms with E-state index in [1.165, 1.54) is 38.4 Å². The number of nitrogens with one attached hydrogen (secondary N) is 1. The second-order valence-corrected chi connectivity index (χ2v) is 6.33. The van der Waals surface area contributed by atoms with Gasteiger partial charge in [0, 0.05) is 6.54 Å². The highest BCUT2D eigenvalue weighted by Crippen LogP contribution is 2.36. The van der Waals surface area contributed by atoms with Gasteiger partial charge in [-0.2, -0.15) is 4.98 Å². The summed E-state index contributed by atoms with van der Waals surface area (Å²) in [6, 6.07) is 0. The zero-order valence-electron chi connectivity index (χ0n) is 12.8. The van der Waals surface area contributed by atoms with Crippen molar-refractivity contribution in [2.75, 3.05) is 17.6 Å². The van der Waals surface area contributed by atoms with Crippen LogP contribution < -0.4 is 15.8 Å². The minimum absolute atomic E-state index is 0.0518. The van der Waals surface area contributed by atoms with E-state index < -0.39 is 0 Å². The van der Waals surface area contributed by atoms with Crippen LogP contribution in [0.4, 0.5) is 11.5 Å². The number of nitrogens with zero attached hydrogens (tertiary/aromatic N) is 2. The molecule has 1 aliphatic carbocycles. The summed E-state index contributed by atoms with van der Waals surface area (Å²) in [7, 11) is 0. The van der Waals surface area contributed by atoms with Crippen molar-refractivity contribution in [3.05, 3.63) is 6.33 Å². The van der Waals surface area contributed by atoms with Crippen molar-refractivity contribution in [2.45, 2.75) is 59.0 Å². The third-order valence-corrected chi connectivity index (χ3v) is 3.94. The van der Waals surface area contributed by atoms with Crippen molar-refractivity contribution in [3.8, 4) is 5.88 Å². The minimum Gasteiger partial charge on any atom is -0.473 e. The van der Waals surface area contributed by atoms with E-state index in [0.717, 1.165) is 6.54 Å². The van der Waals surface area contributed by atoms with E-state index in [1.807, 2.05) is 13.8 Å². The molecule has 5 nitrogen and oxygen atoms in total. The number of rotatable bonds is 5. The van der Waals surface area contributed by atoms with Crippen LogP contribution in [-0.2, 0) is 0 Å². The molecule has 0 radical (unpaired) electrons. The highest BCUT2D eigenvalue weighted by Gasteiger charge is 2.27. The number of nitrogens with two attached hydrogens (primary N) is 1. The number of nitrogen functional groups attached to an aromatic ring is 1. The van der Waals surface area contributed by atoms with Gasteiger partial charge in [-0.05, 0) is 32.1 Å². The average Bonchev–Trinajstić information content (AvgIpc) is 2.40. The Kier molecular flexibility index (Phi) is 4.68. The Morgan fingerprint density at radius 1 is 1.30 bits per heavy atom. The van der Waals surface area contributed by atoms with Gasteiger partial charge in [0.15, 0.2) is 5.82 Å². The Morgan fingerprint density at radius 2 is 2.00 bits per heavy atom. The molecule has 2 rings (SSSR count). The van der Waals surface area contributed by atoms with Crippen LogP contribution in [0.2, 0.25) is 0 Å². The largest absolute Gasteiger partial charge is 0.473 e. The average molecular weight is 278 g/mol. The zero-order valence-corrected chi connectivity index (χ0v) is 12.8. The summed E-state index contributed by atoms with van der Waals surface area (Å²) < 4.78 is 5.59. The first-order valence-corrected chi connectivity index (χ1v) is 7.51. The molecule has 0 aliphatic heterocycles. The van der Waals surface area contributed by atoms with Crippen molar-refractivity contribution in [1.29, 1.82) is 0 Å². The standard InChI is InChI=1S/C15H26N4O/c1-11(2)20-14-12(16)13(18-10-19-14)17-9-15(3)7-5-4-6-8-15/h10-11H,4-9,16H2,1-3H3,(H,17,18,19). The molecule has 0 aromatic carbocycles. The van der Waals surface area contributed by atoms with Gasteiger partial charge in [-0.15, -0.1) is 0 Å². The molecular formula is C15H26N4O. The van der Waals surface area contributed by atoms with Crippen LogP contribution in [0, 0.1) is 5.41 Å². The molecule has 1 aromatic rings. The van der Waals surface area contributed by atoms with Crippen LogP contribution >= 0.6 is 0 Å². The Labute approximate surface area is 121 Å². The number of hydrogen-bond acceptors (Lipinski definition) is 5. The molecule has 1 fully saturated rings. The Morgan fingerprint density at radius 3 is 2.65 bits per heavy atom. The number of ether oxygens (including phenoxy) is 1. The fourth-order valence-electron chi connectivity index (χ4n) is 2.72. The van der Waals surface area contributed by atoms with E-state index in [0.29, 0.717) is 22.8 Å². The summed E-state index contributed by atoms with van der Waals surface area (Å²) >= 11 is 0. The highest BCUT2D eigenvalue weighted by molar-refractivity contribution is 5.66. The third kappa shape index (κ3) is 3.74. The molecule has 0 spiro atoms. The summed E-state index contributed by atoms with van der Waals surface area (Å²) in [5, 5.41) is 3.38. The van der Waals surface area contributed by atoms with Crippen LogP contribution in [0.25, 0.3) is 0 Å². The second kappa shape index (κ2) is 6.29. The normalized spacial score (nSPS) is 18.0. The van der Waals surface area contributed by atoms with Crippen molar-refractivity contribution in [2.24, 2.45) is 5.41 Å². The number of hydrogen-bond donors (Lipinski definition) is 2. The van der Waals surface area contributed by atoms with Gasteiger partial charge in [0.1, 0.15) is 12.0 Å². The van der Waals surface area contributed by atoms with Crippen LogP contribution in [0.1, 0.15) is 52.9 Å². The lowest BCUT2D eigenvalue weighted by atomic mass is 9.76. The van der Waals surface area contributed by atoms with Gasteiger partial charge < -0.3 is 15.8 Å². The molecule has 1 heterocycles. The van der Waals surface area contributed by atoms with E-state index in [-0.39, 0.29) is 6.10 Å². The molecule has 0 bridgehead atoms. The van der Waals surface area contributed by atoms with Crippen LogP contribution in [0.15, 0.2) is 6.33 Å². The maximum Gasteiger partial charge on any atom is 0.242 e. The lowest BCUT2D eigenvalue weighted by molar-refractivity contribution is 0.231. The summed E-state index contributed by atoms with van der Waals surface area (Å²) in [5.41, 5.74) is 6.92. The van der Waals surface area contributed by atoms with Gasteiger partial charge in [-0.3, -0.25) is 0 Å². The summed E-state index contributed by atoms with van der Waals surface area (Å²) in [5.74, 6) is 1.15. The monoisotopic (exact) mass is 278 g/mol. The third-order valence-electron chi connectivity index (χ3n) is 3.94. The first-order chi connectivity index (χ1) is 9.50. The summed E-state index contributed by atoms with van der Waals surface area (Å²) in [4.78, 5) is 8.33. The van der Waals surface area contributed by atoms with Crippen molar-refractivity contribution in [1.82, 2.24) is 9.97 Å². The topological polar surface area (TPSA) is 73.1 Å². The molecule has 0 amide bonds. The fraction of sp³-hybridized carbons (Fsp3) is 0.733. The molecule has 0 unspecified atom stereocenters. The lowest BCUT2D eigenvalue weighted by Gasteiger charge is -2.34. The quantitative estimate of drug-likeness (QED) is 0.865. The zero-order chi connectivity index (χ0) is 14.6. The Hall–Kier alpha value is -1.52. The molecule has 3 N–H and O–H groups in total.